The van der Waals surface area contributed by atoms with E-state index in [4.69, 9.17) is 0 Å². The van der Waals surface area contributed by atoms with Gasteiger partial charge in [0, 0.05) is 18.1 Å². The number of anilines is 1. The van der Waals surface area contributed by atoms with Crippen LogP contribution in [0.1, 0.15) is 25.8 Å². The number of carboxylic acids is 1. The van der Waals surface area contributed by atoms with Crippen LogP contribution in [0.25, 0.3) is 10.9 Å². The number of carboxylic acid groups (broad SMARTS) is 1. The number of carbonyl (C=O) groups is 1. The van der Waals surface area contributed by atoms with E-state index >= 15 is 0 Å². The predicted molar refractivity (Wildman–Crippen MR) is 81.0 cm³/mol. The first-order valence-electron chi connectivity index (χ1n) is 6.77. The first-order chi connectivity index (χ1) is 10.0. The predicted octanol–water partition coefficient (Wildman–Crippen LogP) is 3.02. The number of nitriles is 1. The highest BCUT2D eigenvalue weighted by Gasteiger charge is 2.31. The second-order valence-electron chi connectivity index (χ2n) is 5.25. The number of nitrogens with one attached hydrogen (secondary N) is 1. The molecule has 1 heterocycles. The smallest absolute Gasteiger partial charge is 0.311 e. The van der Waals surface area contributed by atoms with Crippen molar-refractivity contribution in [2.75, 3.05) is 11.9 Å². The summed E-state index contributed by atoms with van der Waals surface area (Å²) in [6, 6.07) is 9.57. The van der Waals surface area contributed by atoms with Crippen LogP contribution in [-0.4, -0.2) is 22.6 Å². The third kappa shape index (κ3) is 2.79. The van der Waals surface area contributed by atoms with Crippen LogP contribution in [0.4, 0.5) is 5.69 Å². The van der Waals surface area contributed by atoms with Crippen LogP contribution in [0.5, 0.6) is 0 Å². The van der Waals surface area contributed by atoms with Crippen LogP contribution in [0, 0.1) is 16.7 Å². The van der Waals surface area contributed by atoms with Crippen LogP contribution in [0.2, 0.25) is 0 Å². The van der Waals surface area contributed by atoms with E-state index in [1.165, 1.54) is 6.20 Å². The Morgan fingerprint density at radius 2 is 2.19 bits per heavy atom. The van der Waals surface area contributed by atoms with Crippen LogP contribution in [0.3, 0.4) is 0 Å². The van der Waals surface area contributed by atoms with Crippen molar-refractivity contribution < 1.29 is 9.90 Å². The summed E-state index contributed by atoms with van der Waals surface area (Å²) in [5, 5.41) is 22.5. The minimum absolute atomic E-state index is 0.252. The highest BCUT2D eigenvalue weighted by atomic mass is 16.4. The Kier molecular flexibility index (Phi) is 4.08. The van der Waals surface area contributed by atoms with E-state index in [0.717, 1.165) is 10.9 Å². The van der Waals surface area contributed by atoms with Gasteiger partial charge in [-0.25, -0.2) is 0 Å². The summed E-state index contributed by atoms with van der Waals surface area (Å²) >= 11 is 0. The third-order valence-corrected chi connectivity index (χ3v) is 3.85. The molecule has 2 aromatic rings. The fraction of sp³-hybridized carbons (Fsp3) is 0.312. The molecule has 1 aromatic carbocycles. The zero-order chi connectivity index (χ0) is 15.5. The van der Waals surface area contributed by atoms with Crippen LogP contribution in [-0.2, 0) is 4.79 Å². The zero-order valence-corrected chi connectivity index (χ0v) is 12.1. The number of rotatable bonds is 5. The summed E-state index contributed by atoms with van der Waals surface area (Å²) in [6.07, 6.45) is 2.01. The summed E-state index contributed by atoms with van der Waals surface area (Å²) in [7, 11) is 0. The first-order valence-corrected chi connectivity index (χ1v) is 6.77. The molecule has 5 nitrogen and oxygen atoms in total. The molecular weight excluding hydrogens is 266 g/mol. The first kappa shape index (κ1) is 14.8. The van der Waals surface area contributed by atoms with Crippen molar-refractivity contribution >= 4 is 22.6 Å². The molecule has 1 atom stereocenters. The number of fused-ring (bicyclic) bond motifs is 1. The maximum absolute atomic E-state index is 11.4. The summed E-state index contributed by atoms with van der Waals surface area (Å²) in [5.74, 6) is -0.852. The lowest BCUT2D eigenvalue weighted by Gasteiger charge is -2.24. The number of pyridine rings is 1. The Morgan fingerprint density at radius 3 is 2.81 bits per heavy atom. The Labute approximate surface area is 123 Å². The molecule has 0 fully saturated rings. The second-order valence-corrected chi connectivity index (χ2v) is 5.25. The third-order valence-electron chi connectivity index (χ3n) is 3.85. The van der Waals surface area contributed by atoms with Crippen molar-refractivity contribution in [1.29, 1.82) is 5.26 Å². The molecular formula is C16H17N3O2. The number of benzene rings is 1. The molecule has 21 heavy (non-hydrogen) atoms. The van der Waals surface area contributed by atoms with Crippen molar-refractivity contribution in [3.05, 3.63) is 36.0 Å². The van der Waals surface area contributed by atoms with Gasteiger partial charge >= 0.3 is 5.97 Å². The number of aliphatic carboxylic acids is 1. The number of hydrogen-bond acceptors (Lipinski definition) is 4. The van der Waals surface area contributed by atoms with Crippen molar-refractivity contribution in [1.82, 2.24) is 4.98 Å². The van der Waals surface area contributed by atoms with Gasteiger partial charge in [-0.05, 0) is 19.4 Å². The van der Waals surface area contributed by atoms with E-state index in [2.05, 4.69) is 16.4 Å². The molecule has 1 aromatic heterocycles. The van der Waals surface area contributed by atoms with Crippen LogP contribution < -0.4 is 5.32 Å². The molecule has 2 rings (SSSR count). The summed E-state index contributed by atoms with van der Waals surface area (Å²) in [4.78, 5) is 15.6. The molecule has 108 valence electrons. The minimum Gasteiger partial charge on any atom is -0.481 e. The Hall–Kier alpha value is -2.61. The standard InChI is InChI=1S/C16H17N3O2/c1-3-16(2,15(20)21)10-19-14-11(8-17)9-18-13-7-5-4-6-12(13)14/h4-7,9H,3,10H2,1-2H3,(H,18,19)(H,20,21). The van der Waals surface area contributed by atoms with Crippen LogP contribution >= 0.6 is 0 Å². The number of nitrogens with zero attached hydrogens (tertiary/aromatic N) is 2. The molecule has 1 unspecified atom stereocenters. The summed E-state index contributed by atoms with van der Waals surface area (Å²) in [6.45, 7) is 3.78. The maximum Gasteiger partial charge on any atom is 0.311 e. The topological polar surface area (TPSA) is 86.0 Å². The molecule has 0 saturated carbocycles. The average molecular weight is 283 g/mol. The molecule has 0 aliphatic rings. The van der Waals surface area contributed by atoms with E-state index in [1.54, 1.807) is 6.92 Å². The van der Waals surface area contributed by atoms with Gasteiger partial charge < -0.3 is 10.4 Å². The number of para-hydroxylation sites is 1. The van der Waals surface area contributed by atoms with Gasteiger partial charge in [-0.15, -0.1) is 0 Å². The Balaban J connectivity index is 2.42. The van der Waals surface area contributed by atoms with Crippen molar-refractivity contribution in [2.45, 2.75) is 20.3 Å². The maximum atomic E-state index is 11.4. The minimum atomic E-state index is -0.878. The fourth-order valence-electron chi connectivity index (χ4n) is 2.05. The van der Waals surface area contributed by atoms with E-state index in [0.29, 0.717) is 17.7 Å². The zero-order valence-electron chi connectivity index (χ0n) is 12.1. The van der Waals surface area contributed by atoms with Gasteiger partial charge in [-0.3, -0.25) is 9.78 Å². The van der Waals surface area contributed by atoms with Gasteiger partial charge in [-0.2, -0.15) is 5.26 Å². The summed E-state index contributed by atoms with van der Waals surface area (Å²) in [5.41, 5.74) is 0.950. The van der Waals surface area contributed by atoms with Crippen molar-refractivity contribution in [3.63, 3.8) is 0 Å². The van der Waals surface area contributed by atoms with Gasteiger partial charge in [0.05, 0.1) is 22.2 Å². The SMILES string of the molecule is CCC(C)(CNc1c(C#N)cnc2ccccc12)C(=O)O. The quantitative estimate of drug-likeness (QED) is 0.880. The molecule has 0 saturated heterocycles. The molecule has 2 N–H and O–H groups in total. The highest BCUT2D eigenvalue weighted by molar-refractivity contribution is 5.94. The molecule has 5 heteroatoms. The largest absolute Gasteiger partial charge is 0.481 e. The van der Waals surface area contributed by atoms with Gasteiger partial charge in [0.2, 0.25) is 0 Å². The van der Waals surface area contributed by atoms with Gasteiger partial charge in [-0.1, -0.05) is 25.1 Å². The highest BCUT2D eigenvalue weighted by Crippen LogP contribution is 2.28. The number of hydrogen-bond donors (Lipinski definition) is 2. The average Bonchev–Trinajstić information content (AvgIpc) is 2.51. The van der Waals surface area contributed by atoms with E-state index < -0.39 is 11.4 Å². The van der Waals surface area contributed by atoms with E-state index in [1.807, 2.05) is 31.2 Å². The van der Waals surface area contributed by atoms with Gasteiger partial charge in [0.15, 0.2) is 0 Å². The molecule has 0 aliphatic heterocycles. The number of aromatic nitrogens is 1. The Bertz CT molecular complexity index is 721. The molecule has 0 radical (unpaired) electrons. The lowest BCUT2D eigenvalue weighted by molar-refractivity contribution is -0.147. The fourth-order valence-corrected chi connectivity index (χ4v) is 2.05. The molecule has 0 bridgehead atoms. The normalized spacial score (nSPS) is 13.4. The molecule has 0 amide bonds. The van der Waals surface area contributed by atoms with Gasteiger partial charge in [0.1, 0.15) is 6.07 Å². The van der Waals surface area contributed by atoms with Gasteiger partial charge in [0.25, 0.3) is 0 Å². The van der Waals surface area contributed by atoms with Crippen molar-refractivity contribution in [2.24, 2.45) is 5.41 Å². The molecule has 0 spiro atoms. The lowest BCUT2D eigenvalue weighted by atomic mass is 9.87. The van der Waals surface area contributed by atoms with Crippen LogP contribution in [0.15, 0.2) is 30.5 Å². The second kappa shape index (κ2) is 5.80. The summed E-state index contributed by atoms with van der Waals surface area (Å²) < 4.78 is 0. The van der Waals surface area contributed by atoms with E-state index in [9.17, 15) is 15.2 Å². The Morgan fingerprint density at radius 1 is 1.48 bits per heavy atom. The lowest BCUT2D eigenvalue weighted by Crippen LogP contribution is -2.34. The molecule has 0 aliphatic carbocycles. The monoisotopic (exact) mass is 283 g/mol. The van der Waals surface area contributed by atoms with E-state index in [-0.39, 0.29) is 6.54 Å². The van der Waals surface area contributed by atoms with Crippen molar-refractivity contribution in [3.8, 4) is 6.07 Å².